The molecule has 2 aromatic rings. The Kier molecular flexibility index (Phi) is 4.98. The number of carbonyl (C=O) groups is 1. The average Bonchev–Trinajstić information content (AvgIpc) is 3.04. The molecule has 0 bridgehead atoms. The summed E-state index contributed by atoms with van der Waals surface area (Å²) in [4.78, 5) is 12.3. The molecule has 1 aliphatic carbocycles. The maximum atomic E-state index is 12.3. The number of nitrogens with one attached hydrogen (secondary N) is 2. The lowest BCUT2D eigenvalue weighted by Gasteiger charge is -2.16. The predicted molar refractivity (Wildman–Crippen MR) is 91.7 cm³/mol. The van der Waals surface area contributed by atoms with Gasteiger partial charge in [-0.2, -0.15) is 10.2 Å². The number of nitrogens with zero attached hydrogens (tertiary/aromatic N) is 2. The summed E-state index contributed by atoms with van der Waals surface area (Å²) < 4.78 is 10.5. The van der Waals surface area contributed by atoms with Gasteiger partial charge in [0, 0.05) is 17.7 Å². The minimum atomic E-state index is -0.347. The van der Waals surface area contributed by atoms with Crippen LogP contribution in [0.1, 0.15) is 42.6 Å². The first kappa shape index (κ1) is 16.3. The summed E-state index contributed by atoms with van der Waals surface area (Å²) in [6.45, 7) is 0. The first-order valence-electron chi connectivity index (χ1n) is 8.16. The zero-order chi connectivity index (χ0) is 16.9. The van der Waals surface area contributed by atoms with Crippen molar-refractivity contribution in [3.05, 3.63) is 17.8 Å². The van der Waals surface area contributed by atoms with E-state index in [1.54, 1.807) is 26.4 Å². The van der Waals surface area contributed by atoms with Crippen LogP contribution in [-0.2, 0) is 0 Å². The molecule has 0 radical (unpaired) electrons. The number of carbonyl (C=O) groups excluding carboxylic acids is 1. The van der Waals surface area contributed by atoms with Gasteiger partial charge in [0.1, 0.15) is 0 Å². The number of hydrazone groups is 1. The number of methoxy groups -OCH3 is 2. The Bertz CT molecular complexity index is 748. The first-order chi connectivity index (χ1) is 11.7. The summed E-state index contributed by atoms with van der Waals surface area (Å²) in [7, 11) is 3.12. The van der Waals surface area contributed by atoms with Gasteiger partial charge in [0.05, 0.1) is 19.7 Å². The maximum absolute atomic E-state index is 12.3. The van der Waals surface area contributed by atoms with Crippen molar-refractivity contribution in [3.63, 3.8) is 0 Å². The number of hydrogen-bond acceptors (Lipinski definition) is 5. The second-order valence-electron chi connectivity index (χ2n) is 5.94. The standard InChI is InChI=1S/C17H22N4O3/c1-23-14-8-12-13(9-15(14)24-2)19-20-16(12)17(22)21-18-10-11-6-4-3-5-7-11/h8-11H,3-7H2,1-2H3,(H,19,20)(H,21,22). The van der Waals surface area contributed by atoms with Gasteiger partial charge in [-0.15, -0.1) is 0 Å². The average molecular weight is 330 g/mol. The van der Waals surface area contributed by atoms with Crippen LogP contribution < -0.4 is 14.9 Å². The predicted octanol–water partition coefficient (Wildman–Crippen LogP) is 2.88. The Morgan fingerprint density at radius 3 is 2.67 bits per heavy atom. The van der Waals surface area contributed by atoms with Crippen molar-refractivity contribution >= 4 is 23.0 Å². The van der Waals surface area contributed by atoms with Crippen LogP contribution >= 0.6 is 0 Å². The minimum Gasteiger partial charge on any atom is -0.493 e. The second kappa shape index (κ2) is 7.33. The molecule has 0 unspecified atom stereocenters. The van der Waals surface area contributed by atoms with Crippen LogP contribution in [0.2, 0.25) is 0 Å². The van der Waals surface area contributed by atoms with Crippen LogP contribution in [0.5, 0.6) is 11.5 Å². The highest BCUT2D eigenvalue weighted by atomic mass is 16.5. The van der Waals surface area contributed by atoms with Gasteiger partial charge in [0.2, 0.25) is 0 Å². The molecule has 1 aromatic carbocycles. The Morgan fingerprint density at radius 2 is 1.96 bits per heavy atom. The molecule has 1 aliphatic rings. The van der Waals surface area contributed by atoms with E-state index in [0.29, 0.717) is 28.3 Å². The van der Waals surface area contributed by atoms with Crippen molar-refractivity contribution in [1.29, 1.82) is 0 Å². The highest BCUT2D eigenvalue weighted by Crippen LogP contribution is 2.32. The molecule has 1 saturated carbocycles. The third-order valence-electron chi connectivity index (χ3n) is 4.38. The fourth-order valence-electron chi connectivity index (χ4n) is 3.05. The molecule has 1 heterocycles. The van der Waals surface area contributed by atoms with Gasteiger partial charge in [-0.3, -0.25) is 9.89 Å². The summed E-state index contributed by atoms with van der Waals surface area (Å²) in [5.74, 6) is 1.24. The molecule has 1 amide bonds. The number of H-pyrrole nitrogens is 1. The van der Waals surface area contributed by atoms with Crippen LogP contribution in [0.3, 0.4) is 0 Å². The van der Waals surface area contributed by atoms with E-state index in [-0.39, 0.29) is 11.6 Å². The normalized spacial score (nSPS) is 15.8. The van der Waals surface area contributed by atoms with Crippen LogP contribution in [0.25, 0.3) is 10.9 Å². The fraction of sp³-hybridized carbons (Fsp3) is 0.471. The SMILES string of the molecule is COc1cc2[nH]nc(C(=O)NN=CC3CCCCC3)c2cc1OC. The number of rotatable bonds is 5. The highest BCUT2D eigenvalue weighted by molar-refractivity contribution is 6.05. The largest absolute Gasteiger partial charge is 0.493 e. The zero-order valence-corrected chi connectivity index (χ0v) is 14.0. The molecule has 0 saturated heterocycles. The third kappa shape index (κ3) is 3.34. The fourth-order valence-corrected chi connectivity index (χ4v) is 3.05. The lowest BCUT2D eigenvalue weighted by atomic mass is 9.90. The quantitative estimate of drug-likeness (QED) is 0.652. The third-order valence-corrected chi connectivity index (χ3v) is 4.38. The van der Waals surface area contributed by atoms with Gasteiger partial charge >= 0.3 is 0 Å². The molecule has 0 spiro atoms. The van der Waals surface area contributed by atoms with E-state index in [1.807, 2.05) is 6.21 Å². The van der Waals surface area contributed by atoms with E-state index < -0.39 is 0 Å². The van der Waals surface area contributed by atoms with Crippen molar-refractivity contribution in [2.75, 3.05) is 14.2 Å². The molecule has 128 valence electrons. The van der Waals surface area contributed by atoms with E-state index in [0.717, 1.165) is 12.8 Å². The van der Waals surface area contributed by atoms with E-state index in [9.17, 15) is 4.79 Å². The summed E-state index contributed by atoms with van der Waals surface area (Å²) >= 11 is 0. The van der Waals surface area contributed by atoms with Crippen molar-refractivity contribution in [3.8, 4) is 11.5 Å². The highest BCUT2D eigenvalue weighted by Gasteiger charge is 2.17. The summed E-state index contributed by atoms with van der Waals surface area (Å²) in [5.41, 5.74) is 3.55. The van der Waals surface area contributed by atoms with Gasteiger partial charge in [-0.05, 0) is 24.8 Å². The number of aromatic amines is 1. The lowest BCUT2D eigenvalue weighted by molar-refractivity contribution is 0.0951. The molecule has 7 heteroatoms. The molecule has 24 heavy (non-hydrogen) atoms. The van der Waals surface area contributed by atoms with Crippen molar-refractivity contribution in [1.82, 2.24) is 15.6 Å². The summed E-state index contributed by atoms with van der Waals surface area (Å²) in [6, 6.07) is 3.49. The number of fused-ring (bicyclic) bond motifs is 1. The van der Waals surface area contributed by atoms with Gasteiger partial charge < -0.3 is 9.47 Å². The minimum absolute atomic E-state index is 0.284. The van der Waals surface area contributed by atoms with Crippen LogP contribution in [-0.4, -0.2) is 36.5 Å². The smallest absolute Gasteiger partial charge is 0.292 e. The van der Waals surface area contributed by atoms with Crippen LogP contribution in [0, 0.1) is 5.92 Å². The molecule has 3 rings (SSSR count). The van der Waals surface area contributed by atoms with Crippen molar-refractivity contribution in [2.45, 2.75) is 32.1 Å². The zero-order valence-electron chi connectivity index (χ0n) is 14.0. The maximum Gasteiger partial charge on any atom is 0.292 e. The Balaban J connectivity index is 1.75. The molecule has 1 fully saturated rings. The Morgan fingerprint density at radius 1 is 1.25 bits per heavy atom. The molecule has 7 nitrogen and oxygen atoms in total. The summed E-state index contributed by atoms with van der Waals surface area (Å²) in [5, 5.41) is 11.7. The van der Waals surface area contributed by atoms with Gasteiger partial charge in [0.25, 0.3) is 5.91 Å². The molecular formula is C17H22N4O3. The topological polar surface area (TPSA) is 88.6 Å². The number of amides is 1. The second-order valence-corrected chi connectivity index (χ2v) is 5.94. The first-order valence-corrected chi connectivity index (χ1v) is 8.16. The van der Waals surface area contributed by atoms with E-state index in [1.165, 1.54) is 19.3 Å². The van der Waals surface area contributed by atoms with Crippen molar-refractivity contribution in [2.24, 2.45) is 11.0 Å². The number of aromatic nitrogens is 2. The number of hydrogen-bond donors (Lipinski definition) is 2. The van der Waals surface area contributed by atoms with Gasteiger partial charge in [-0.25, -0.2) is 5.43 Å². The Hall–Kier alpha value is -2.57. The van der Waals surface area contributed by atoms with E-state index in [2.05, 4.69) is 20.7 Å². The number of benzene rings is 1. The van der Waals surface area contributed by atoms with Crippen LogP contribution in [0.15, 0.2) is 17.2 Å². The molecule has 2 N–H and O–H groups in total. The molecule has 1 aromatic heterocycles. The molecular weight excluding hydrogens is 308 g/mol. The van der Waals surface area contributed by atoms with Crippen LogP contribution in [0.4, 0.5) is 0 Å². The monoisotopic (exact) mass is 330 g/mol. The Labute approximate surface area is 140 Å². The molecule has 0 aliphatic heterocycles. The van der Waals surface area contributed by atoms with E-state index in [4.69, 9.17) is 9.47 Å². The summed E-state index contributed by atoms with van der Waals surface area (Å²) in [6.07, 6.45) is 7.88. The number of ether oxygens (including phenoxy) is 2. The lowest BCUT2D eigenvalue weighted by Crippen LogP contribution is -2.19. The van der Waals surface area contributed by atoms with Gasteiger partial charge in [0.15, 0.2) is 17.2 Å². The molecule has 0 atom stereocenters. The van der Waals surface area contributed by atoms with E-state index >= 15 is 0 Å². The van der Waals surface area contributed by atoms with Crippen molar-refractivity contribution < 1.29 is 14.3 Å². The van der Waals surface area contributed by atoms with Gasteiger partial charge in [-0.1, -0.05) is 19.3 Å².